The molecule has 0 aromatic carbocycles. The van der Waals surface area contributed by atoms with E-state index in [4.69, 9.17) is 0 Å². The molecule has 1 amide bonds. The van der Waals surface area contributed by atoms with Crippen molar-refractivity contribution in [2.24, 2.45) is 5.92 Å². The van der Waals surface area contributed by atoms with Crippen LogP contribution in [0.1, 0.15) is 27.7 Å². The van der Waals surface area contributed by atoms with Crippen LogP contribution in [0.15, 0.2) is 0 Å². The zero-order chi connectivity index (χ0) is 12.1. The topological polar surface area (TPSA) is 44.4 Å². The van der Waals surface area contributed by atoms with Crippen molar-refractivity contribution in [2.45, 2.75) is 39.8 Å². The SMILES string of the molecule is CC(C)C(C)NC(=O)CN1CCN[C@@H](C)C1. The van der Waals surface area contributed by atoms with Crippen LogP contribution in [-0.2, 0) is 4.79 Å². The first-order valence-electron chi connectivity index (χ1n) is 6.24. The molecule has 2 atom stereocenters. The second kappa shape index (κ2) is 6.21. The Kier molecular flexibility index (Phi) is 5.22. The summed E-state index contributed by atoms with van der Waals surface area (Å²) in [6.07, 6.45) is 0. The lowest BCUT2D eigenvalue weighted by molar-refractivity contribution is -0.123. The molecule has 0 spiro atoms. The standard InChI is InChI=1S/C12H25N3O/c1-9(2)11(4)14-12(16)8-15-6-5-13-10(3)7-15/h9-11,13H,5-8H2,1-4H3,(H,14,16)/t10-,11?/m0/s1. The predicted molar refractivity (Wildman–Crippen MR) is 66.3 cm³/mol. The average Bonchev–Trinajstić information content (AvgIpc) is 2.16. The Morgan fingerprint density at radius 1 is 1.50 bits per heavy atom. The lowest BCUT2D eigenvalue weighted by atomic mass is 10.1. The molecule has 1 fully saturated rings. The highest BCUT2D eigenvalue weighted by Crippen LogP contribution is 2.01. The summed E-state index contributed by atoms with van der Waals surface area (Å²) in [6, 6.07) is 0.747. The van der Waals surface area contributed by atoms with Gasteiger partial charge in [-0.2, -0.15) is 0 Å². The summed E-state index contributed by atoms with van der Waals surface area (Å²) in [6.45, 7) is 11.9. The first kappa shape index (κ1) is 13.5. The summed E-state index contributed by atoms with van der Waals surface area (Å²) >= 11 is 0. The van der Waals surface area contributed by atoms with E-state index in [0.29, 0.717) is 18.5 Å². The van der Waals surface area contributed by atoms with Gasteiger partial charge in [-0.1, -0.05) is 13.8 Å². The van der Waals surface area contributed by atoms with E-state index in [1.165, 1.54) is 0 Å². The average molecular weight is 227 g/mol. The van der Waals surface area contributed by atoms with Crippen LogP contribution >= 0.6 is 0 Å². The largest absolute Gasteiger partial charge is 0.352 e. The molecule has 1 heterocycles. The van der Waals surface area contributed by atoms with Crippen LogP contribution in [-0.4, -0.2) is 49.1 Å². The molecule has 0 bridgehead atoms. The summed E-state index contributed by atoms with van der Waals surface area (Å²) in [5, 5.41) is 6.41. The van der Waals surface area contributed by atoms with E-state index < -0.39 is 0 Å². The fourth-order valence-electron chi connectivity index (χ4n) is 1.83. The van der Waals surface area contributed by atoms with Crippen LogP contribution in [0.2, 0.25) is 0 Å². The number of carbonyl (C=O) groups excluding carboxylic acids is 1. The van der Waals surface area contributed by atoms with Crippen molar-refractivity contribution >= 4 is 5.91 Å². The number of amides is 1. The molecule has 4 heteroatoms. The molecule has 94 valence electrons. The lowest BCUT2D eigenvalue weighted by Crippen LogP contribution is -2.52. The van der Waals surface area contributed by atoms with Crippen molar-refractivity contribution in [3.8, 4) is 0 Å². The van der Waals surface area contributed by atoms with Gasteiger partial charge in [-0.25, -0.2) is 0 Å². The molecule has 2 N–H and O–H groups in total. The monoisotopic (exact) mass is 227 g/mol. The molecule has 0 saturated carbocycles. The molecule has 1 unspecified atom stereocenters. The number of rotatable bonds is 4. The van der Waals surface area contributed by atoms with Crippen LogP contribution in [0.5, 0.6) is 0 Å². The maximum atomic E-state index is 11.8. The Morgan fingerprint density at radius 3 is 2.75 bits per heavy atom. The van der Waals surface area contributed by atoms with Gasteiger partial charge in [-0.05, 0) is 19.8 Å². The molecule has 0 aromatic rings. The highest BCUT2D eigenvalue weighted by Gasteiger charge is 2.19. The Balaban J connectivity index is 2.28. The summed E-state index contributed by atoms with van der Waals surface area (Å²) in [4.78, 5) is 14.0. The number of nitrogens with zero attached hydrogens (tertiary/aromatic N) is 1. The normalized spacial score (nSPS) is 24.4. The molecule has 16 heavy (non-hydrogen) atoms. The van der Waals surface area contributed by atoms with Gasteiger partial charge in [0.2, 0.25) is 5.91 Å². The van der Waals surface area contributed by atoms with Gasteiger partial charge in [0.25, 0.3) is 0 Å². The van der Waals surface area contributed by atoms with Crippen molar-refractivity contribution in [2.75, 3.05) is 26.2 Å². The van der Waals surface area contributed by atoms with Crippen molar-refractivity contribution in [1.29, 1.82) is 0 Å². The minimum atomic E-state index is 0.148. The van der Waals surface area contributed by atoms with Crippen molar-refractivity contribution in [3.05, 3.63) is 0 Å². The van der Waals surface area contributed by atoms with Gasteiger partial charge in [0.05, 0.1) is 6.54 Å². The van der Waals surface area contributed by atoms with E-state index >= 15 is 0 Å². The molecule has 1 saturated heterocycles. The Morgan fingerprint density at radius 2 is 2.19 bits per heavy atom. The molecular formula is C12H25N3O. The number of hydrogen-bond donors (Lipinski definition) is 2. The predicted octanol–water partition coefficient (Wildman–Crippen LogP) is 0.441. The van der Waals surface area contributed by atoms with E-state index in [1.54, 1.807) is 0 Å². The zero-order valence-corrected chi connectivity index (χ0v) is 10.9. The van der Waals surface area contributed by atoms with E-state index in [1.807, 2.05) is 0 Å². The summed E-state index contributed by atoms with van der Waals surface area (Å²) in [7, 11) is 0. The van der Waals surface area contributed by atoms with Gasteiger partial charge in [0, 0.05) is 31.7 Å². The van der Waals surface area contributed by atoms with Crippen molar-refractivity contribution in [1.82, 2.24) is 15.5 Å². The minimum absolute atomic E-state index is 0.148. The zero-order valence-electron chi connectivity index (χ0n) is 10.9. The maximum absolute atomic E-state index is 11.8. The second-order valence-corrected chi connectivity index (χ2v) is 5.19. The van der Waals surface area contributed by atoms with E-state index in [0.717, 1.165) is 19.6 Å². The third-order valence-corrected chi connectivity index (χ3v) is 3.21. The van der Waals surface area contributed by atoms with Crippen molar-refractivity contribution < 1.29 is 4.79 Å². The molecule has 1 aliphatic rings. The van der Waals surface area contributed by atoms with E-state index in [9.17, 15) is 4.79 Å². The fourth-order valence-corrected chi connectivity index (χ4v) is 1.83. The third-order valence-electron chi connectivity index (χ3n) is 3.21. The summed E-state index contributed by atoms with van der Waals surface area (Å²) < 4.78 is 0. The van der Waals surface area contributed by atoms with Gasteiger partial charge in [-0.3, -0.25) is 9.69 Å². The molecule has 0 radical (unpaired) electrons. The lowest BCUT2D eigenvalue weighted by Gasteiger charge is -2.31. The van der Waals surface area contributed by atoms with Crippen LogP contribution in [0.4, 0.5) is 0 Å². The third kappa shape index (κ3) is 4.49. The molecule has 0 aliphatic carbocycles. The Hall–Kier alpha value is -0.610. The van der Waals surface area contributed by atoms with Crippen LogP contribution in [0.3, 0.4) is 0 Å². The number of carbonyl (C=O) groups is 1. The number of piperazine rings is 1. The summed E-state index contributed by atoms with van der Waals surface area (Å²) in [5.41, 5.74) is 0. The maximum Gasteiger partial charge on any atom is 0.234 e. The highest BCUT2D eigenvalue weighted by molar-refractivity contribution is 5.78. The van der Waals surface area contributed by atoms with Crippen LogP contribution < -0.4 is 10.6 Å². The molecule has 0 aromatic heterocycles. The smallest absolute Gasteiger partial charge is 0.234 e. The van der Waals surface area contributed by atoms with Crippen molar-refractivity contribution in [3.63, 3.8) is 0 Å². The molecule has 4 nitrogen and oxygen atoms in total. The van der Waals surface area contributed by atoms with Crippen LogP contribution in [0.25, 0.3) is 0 Å². The van der Waals surface area contributed by atoms with Crippen LogP contribution in [0, 0.1) is 5.92 Å². The first-order valence-corrected chi connectivity index (χ1v) is 6.24. The summed E-state index contributed by atoms with van der Waals surface area (Å²) in [5.74, 6) is 0.640. The molecular weight excluding hydrogens is 202 g/mol. The Bertz CT molecular complexity index is 230. The van der Waals surface area contributed by atoms with E-state index in [-0.39, 0.29) is 11.9 Å². The van der Waals surface area contributed by atoms with E-state index in [2.05, 4.69) is 43.2 Å². The second-order valence-electron chi connectivity index (χ2n) is 5.19. The quantitative estimate of drug-likeness (QED) is 0.732. The van der Waals surface area contributed by atoms with Gasteiger partial charge < -0.3 is 10.6 Å². The first-order chi connectivity index (χ1) is 7.49. The number of nitrogens with one attached hydrogen (secondary N) is 2. The molecule has 1 rings (SSSR count). The van der Waals surface area contributed by atoms with Gasteiger partial charge in [0.1, 0.15) is 0 Å². The van der Waals surface area contributed by atoms with Gasteiger partial charge >= 0.3 is 0 Å². The Labute approximate surface area is 98.8 Å². The fraction of sp³-hybridized carbons (Fsp3) is 0.917. The molecule has 1 aliphatic heterocycles. The number of hydrogen-bond acceptors (Lipinski definition) is 3. The minimum Gasteiger partial charge on any atom is -0.352 e. The van der Waals surface area contributed by atoms with Gasteiger partial charge in [0.15, 0.2) is 0 Å². The highest BCUT2D eigenvalue weighted by atomic mass is 16.2. The van der Waals surface area contributed by atoms with Gasteiger partial charge in [-0.15, -0.1) is 0 Å².